The molecule has 0 spiro atoms. The standard InChI is InChI=1S/C7H17NOS/c1-4-7(3)6-10(8,9)5-2/h7-8H,4-6H2,1-3H3. The second kappa shape index (κ2) is 3.96. The fourth-order valence-electron chi connectivity index (χ4n) is 0.695. The van der Waals surface area contributed by atoms with E-state index >= 15 is 0 Å². The third-order valence-electron chi connectivity index (χ3n) is 1.72. The van der Waals surface area contributed by atoms with E-state index in [4.69, 9.17) is 4.78 Å². The number of hydrogen-bond donors (Lipinski definition) is 1. The molecule has 0 saturated carbocycles. The molecule has 0 bridgehead atoms. The highest BCUT2D eigenvalue weighted by atomic mass is 32.2. The van der Waals surface area contributed by atoms with Crippen molar-refractivity contribution in [3.63, 3.8) is 0 Å². The Morgan fingerprint density at radius 2 is 2.00 bits per heavy atom. The molecule has 0 aliphatic carbocycles. The van der Waals surface area contributed by atoms with E-state index in [0.29, 0.717) is 17.4 Å². The van der Waals surface area contributed by atoms with Gasteiger partial charge in [-0.05, 0) is 5.92 Å². The molecule has 0 aliphatic heterocycles. The topological polar surface area (TPSA) is 40.9 Å². The van der Waals surface area contributed by atoms with Gasteiger partial charge in [0.2, 0.25) is 0 Å². The van der Waals surface area contributed by atoms with Crippen molar-refractivity contribution < 1.29 is 4.21 Å². The molecule has 62 valence electrons. The molecule has 3 heteroatoms. The largest absolute Gasteiger partial charge is 0.253 e. The van der Waals surface area contributed by atoms with Gasteiger partial charge in [0.15, 0.2) is 0 Å². The predicted molar refractivity (Wildman–Crippen MR) is 45.7 cm³/mol. The zero-order valence-corrected chi connectivity index (χ0v) is 7.83. The minimum absolute atomic E-state index is 0.435. The number of rotatable bonds is 4. The van der Waals surface area contributed by atoms with E-state index in [0.717, 1.165) is 6.42 Å². The van der Waals surface area contributed by atoms with Gasteiger partial charge in [0.25, 0.3) is 0 Å². The van der Waals surface area contributed by atoms with Crippen molar-refractivity contribution in [2.75, 3.05) is 11.5 Å². The van der Waals surface area contributed by atoms with Gasteiger partial charge in [-0.1, -0.05) is 27.2 Å². The molecule has 0 aromatic heterocycles. The Bertz CT molecular complexity index is 172. The van der Waals surface area contributed by atoms with Crippen LogP contribution in [0.25, 0.3) is 0 Å². The summed E-state index contributed by atoms with van der Waals surface area (Å²) in [6.07, 6.45) is 1.02. The molecule has 2 atom stereocenters. The highest BCUT2D eigenvalue weighted by Gasteiger charge is 2.07. The van der Waals surface area contributed by atoms with Crippen LogP contribution in [-0.2, 0) is 9.73 Å². The lowest BCUT2D eigenvalue weighted by Gasteiger charge is -2.09. The lowest BCUT2D eigenvalue weighted by atomic mass is 10.2. The van der Waals surface area contributed by atoms with Crippen LogP contribution in [-0.4, -0.2) is 15.7 Å². The Morgan fingerprint density at radius 3 is 2.30 bits per heavy atom. The molecule has 0 rings (SSSR count). The second-order valence-corrected chi connectivity index (χ2v) is 5.31. The summed E-state index contributed by atoms with van der Waals surface area (Å²) in [4.78, 5) is 0. The zero-order chi connectivity index (χ0) is 8.20. The summed E-state index contributed by atoms with van der Waals surface area (Å²) in [6, 6.07) is 0. The van der Waals surface area contributed by atoms with Gasteiger partial charge in [-0.15, -0.1) is 0 Å². The van der Waals surface area contributed by atoms with Gasteiger partial charge < -0.3 is 0 Å². The highest BCUT2D eigenvalue weighted by Crippen LogP contribution is 2.05. The van der Waals surface area contributed by atoms with Gasteiger partial charge in [-0.2, -0.15) is 0 Å². The summed E-state index contributed by atoms with van der Waals surface area (Å²) in [7, 11) is -2.23. The summed E-state index contributed by atoms with van der Waals surface area (Å²) in [5.74, 6) is 1.50. The molecular formula is C7H17NOS. The molecule has 0 aromatic carbocycles. The van der Waals surface area contributed by atoms with Crippen molar-refractivity contribution in [2.24, 2.45) is 5.92 Å². The van der Waals surface area contributed by atoms with E-state index in [1.165, 1.54) is 0 Å². The maximum Gasteiger partial charge on any atom is 0.0441 e. The van der Waals surface area contributed by atoms with E-state index in [-0.39, 0.29) is 0 Å². The Labute approximate surface area is 64.0 Å². The molecule has 0 amide bonds. The number of hydrogen-bond acceptors (Lipinski definition) is 2. The molecular weight excluding hydrogens is 146 g/mol. The fraction of sp³-hybridized carbons (Fsp3) is 1.00. The van der Waals surface area contributed by atoms with Crippen molar-refractivity contribution in [1.29, 1.82) is 4.78 Å². The maximum absolute atomic E-state index is 11.2. The first-order chi connectivity index (χ1) is 4.52. The van der Waals surface area contributed by atoms with Crippen LogP contribution in [0.3, 0.4) is 0 Å². The van der Waals surface area contributed by atoms with Gasteiger partial charge in [0, 0.05) is 21.2 Å². The van der Waals surface area contributed by atoms with Gasteiger partial charge in [-0.3, -0.25) is 4.78 Å². The molecule has 2 unspecified atom stereocenters. The Morgan fingerprint density at radius 1 is 1.50 bits per heavy atom. The Kier molecular flexibility index (Phi) is 3.94. The number of nitrogens with one attached hydrogen (secondary N) is 1. The van der Waals surface area contributed by atoms with Crippen molar-refractivity contribution >= 4 is 9.73 Å². The SMILES string of the molecule is CCC(C)CS(=N)(=O)CC. The monoisotopic (exact) mass is 163 g/mol. The van der Waals surface area contributed by atoms with Crippen LogP contribution >= 0.6 is 0 Å². The Balaban J connectivity index is 3.90. The average Bonchev–Trinajstić information content (AvgIpc) is 1.87. The molecule has 0 heterocycles. The lowest BCUT2D eigenvalue weighted by molar-refractivity contribution is 0.611. The van der Waals surface area contributed by atoms with Crippen molar-refractivity contribution in [2.45, 2.75) is 27.2 Å². The fourth-order valence-corrected chi connectivity index (χ4v) is 2.09. The first-order valence-electron chi connectivity index (χ1n) is 3.76. The van der Waals surface area contributed by atoms with Crippen LogP contribution in [0.2, 0.25) is 0 Å². The first kappa shape index (κ1) is 9.95. The first-order valence-corrected chi connectivity index (χ1v) is 5.65. The van der Waals surface area contributed by atoms with Crippen molar-refractivity contribution in [3.8, 4) is 0 Å². The minimum Gasteiger partial charge on any atom is -0.253 e. The van der Waals surface area contributed by atoms with Gasteiger partial charge >= 0.3 is 0 Å². The van der Waals surface area contributed by atoms with E-state index in [1.54, 1.807) is 0 Å². The van der Waals surface area contributed by atoms with Crippen LogP contribution in [0, 0.1) is 10.7 Å². The predicted octanol–water partition coefficient (Wildman–Crippen LogP) is 2.10. The summed E-state index contributed by atoms with van der Waals surface area (Å²) in [6.45, 7) is 5.93. The molecule has 0 saturated heterocycles. The maximum atomic E-state index is 11.2. The second-order valence-electron chi connectivity index (χ2n) is 2.78. The summed E-state index contributed by atoms with van der Waals surface area (Å²) in [5.41, 5.74) is 0. The van der Waals surface area contributed by atoms with Crippen molar-refractivity contribution in [1.82, 2.24) is 0 Å². The molecule has 0 radical (unpaired) electrons. The molecule has 0 fully saturated rings. The van der Waals surface area contributed by atoms with Crippen LogP contribution < -0.4 is 0 Å². The summed E-state index contributed by atoms with van der Waals surface area (Å²) in [5, 5.41) is 0. The van der Waals surface area contributed by atoms with Crippen molar-refractivity contribution in [3.05, 3.63) is 0 Å². The molecule has 1 N–H and O–H groups in total. The molecule has 0 aliphatic rings. The van der Waals surface area contributed by atoms with Gasteiger partial charge in [0.05, 0.1) is 0 Å². The molecule has 10 heavy (non-hydrogen) atoms. The third kappa shape index (κ3) is 3.88. The average molecular weight is 163 g/mol. The smallest absolute Gasteiger partial charge is 0.0441 e. The van der Waals surface area contributed by atoms with Crippen LogP contribution in [0.15, 0.2) is 0 Å². The van der Waals surface area contributed by atoms with Crippen LogP contribution in [0.4, 0.5) is 0 Å². The summed E-state index contributed by atoms with van der Waals surface area (Å²) >= 11 is 0. The quantitative estimate of drug-likeness (QED) is 0.677. The summed E-state index contributed by atoms with van der Waals surface area (Å²) < 4.78 is 18.5. The lowest BCUT2D eigenvalue weighted by Crippen LogP contribution is -2.13. The Hall–Kier alpha value is -0.0500. The molecule has 0 aromatic rings. The minimum atomic E-state index is -2.23. The zero-order valence-electron chi connectivity index (χ0n) is 7.02. The van der Waals surface area contributed by atoms with Gasteiger partial charge in [0.1, 0.15) is 0 Å². The molecule has 2 nitrogen and oxygen atoms in total. The van der Waals surface area contributed by atoms with Crippen LogP contribution in [0.5, 0.6) is 0 Å². The van der Waals surface area contributed by atoms with E-state index in [1.807, 2.05) is 13.8 Å². The third-order valence-corrected chi connectivity index (χ3v) is 3.76. The van der Waals surface area contributed by atoms with E-state index < -0.39 is 9.73 Å². The highest BCUT2D eigenvalue weighted by molar-refractivity contribution is 7.92. The van der Waals surface area contributed by atoms with Gasteiger partial charge in [-0.25, -0.2) is 4.21 Å². The van der Waals surface area contributed by atoms with Crippen LogP contribution in [0.1, 0.15) is 27.2 Å². The normalized spacial score (nSPS) is 19.9. The van der Waals surface area contributed by atoms with E-state index in [9.17, 15) is 4.21 Å². The van der Waals surface area contributed by atoms with E-state index in [2.05, 4.69) is 6.92 Å².